The van der Waals surface area contributed by atoms with E-state index in [1.807, 2.05) is 12.1 Å². The van der Waals surface area contributed by atoms with Crippen LogP contribution in [0, 0.1) is 0 Å². The van der Waals surface area contributed by atoms with E-state index in [-0.39, 0.29) is 5.91 Å². The van der Waals surface area contributed by atoms with Gasteiger partial charge in [0.05, 0.1) is 51.7 Å². The molecule has 3 rings (SSSR count). The predicted molar refractivity (Wildman–Crippen MR) is 134 cm³/mol. The molecular formula is C25H33N5O5. The second kappa shape index (κ2) is 12.6. The Morgan fingerprint density at radius 3 is 2.29 bits per heavy atom. The standard InChI is InChI=1S/C25H33N5O5/c1-6-7-11-26-12-10-24(31)28-19-13-17(8-9-21(19)32-2)20-16-27-29-30(20)18-14-22(33-3)25(35-5)23(15-18)34-4/h8-9,13-16,26H,6-7,10-12H2,1-5H3,(H,28,31). The van der Waals surface area contributed by atoms with Crippen molar-refractivity contribution in [2.45, 2.75) is 26.2 Å². The average molecular weight is 484 g/mol. The first-order valence-electron chi connectivity index (χ1n) is 11.5. The Balaban J connectivity index is 1.89. The monoisotopic (exact) mass is 483 g/mol. The van der Waals surface area contributed by atoms with Crippen LogP contribution in [0.3, 0.4) is 0 Å². The first kappa shape index (κ1) is 25.8. The minimum absolute atomic E-state index is 0.0966. The summed E-state index contributed by atoms with van der Waals surface area (Å²) < 4.78 is 23.5. The summed E-state index contributed by atoms with van der Waals surface area (Å²) >= 11 is 0. The predicted octanol–water partition coefficient (Wildman–Crippen LogP) is 3.69. The van der Waals surface area contributed by atoms with Gasteiger partial charge < -0.3 is 29.6 Å². The molecule has 0 radical (unpaired) electrons. The minimum atomic E-state index is -0.0966. The zero-order valence-electron chi connectivity index (χ0n) is 20.9. The van der Waals surface area contributed by atoms with Crippen molar-refractivity contribution >= 4 is 11.6 Å². The summed E-state index contributed by atoms with van der Waals surface area (Å²) in [6.45, 7) is 3.66. The van der Waals surface area contributed by atoms with Crippen molar-refractivity contribution in [3.63, 3.8) is 0 Å². The highest BCUT2D eigenvalue weighted by Crippen LogP contribution is 2.40. The van der Waals surface area contributed by atoms with Gasteiger partial charge in [0.1, 0.15) is 5.75 Å². The van der Waals surface area contributed by atoms with Crippen molar-refractivity contribution in [3.05, 3.63) is 36.5 Å². The number of methoxy groups -OCH3 is 4. The van der Waals surface area contributed by atoms with Crippen LogP contribution in [0.1, 0.15) is 26.2 Å². The topological polar surface area (TPSA) is 109 Å². The fourth-order valence-electron chi connectivity index (χ4n) is 3.62. The highest BCUT2D eigenvalue weighted by atomic mass is 16.5. The zero-order chi connectivity index (χ0) is 25.2. The number of aromatic nitrogens is 3. The van der Waals surface area contributed by atoms with E-state index in [4.69, 9.17) is 18.9 Å². The maximum absolute atomic E-state index is 12.5. The second-order valence-corrected chi connectivity index (χ2v) is 7.73. The van der Waals surface area contributed by atoms with Gasteiger partial charge in [-0.3, -0.25) is 4.79 Å². The fraction of sp³-hybridized carbons (Fsp3) is 0.400. The highest BCUT2D eigenvalue weighted by Gasteiger charge is 2.18. The van der Waals surface area contributed by atoms with Crippen LogP contribution in [0.2, 0.25) is 0 Å². The number of carbonyl (C=O) groups is 1. The number of amides is 1. The molecule has 188 valence electrons. The van der Waals surface area contributed by atoms with Crippen molar-refractivity contribution in [2.75, 3.05) is 46.8 Å². The van der Waals surface area contributed by atoms with Crippen molar-refractivity contribution < 1.29 is 23.7 Å². The van der Waals surface area contributed by atoms with E-state index < -0.39 is 0 Å². The van der Waals surface area contributed by atoms with Crippen LogP contribution >= 0.6 is 0 Å². The summed E-state index contributed by atoms with van der Waals surface area (Å²) in [5.41, 5.74) is 2.74. The molecule has 2 N–H and O–H groups in total. The highest BCUT2D eigenvalue weighted by molar-refractivity contribution is 5.93. The SMILES string of the molecule is CCCCNCCC(=O)Nc1cc(-c2cnnn2-c2cc(OC)c(OC)c(OC)c2)ccc1OC. The van der Waals surface area contributed by atoms with E-state index in [0.717, 1.165) is 24.9 Å². The molecule has 10 nitrogen and oxygen atoms in total. The van der Waals surface area contributed by atoms with Crippen molar-refractivity contribution in [1.29, 1.82) is 0 Å². The number of rotatable bonds is 13. The largest absolute Gasteiger partial charge is 0.495 e. The van der Waals surface area contributed by atoms with E-state index in [0.29, 0.717) is 53.0 Å². The lowest BCUT2D eigenvalue weighted by molar-refractivity contribution is -0.116. The summed E-state index contributed by atoms with van der Waals surface area (Å²) in [5.74, 6) is 1.95. The number of anilines is 1. The summed E-state index contributed by atoms with van der Waals surface area (Å²) in [4.78, 5) is 12.5. The minimum Gasteiger partial charge on any atom is -0.495 e. The number of nitrogens with one attached hydrogen (secondary N) is 2. The first-order chi connectivity index (χ1) is 17.1. The Morgan fingerprint density at radius 2 is 1.66 bits per heavy atom. The van der Waals surface area contributed by atoms with Gasteiger partial charge in [0.15, 0.2) is 11.5 Å². The molecule has 3 aromatic rings. The van der Waals surface area contributed by atoms with Gasteiger partial charge in [0.2, 0.25) is 11.7 Å². The van der Waals surface area contributed by atoms with Crippen molar-refractivity contribution in [1.82, 2.24) is 20.3 Å². The van der Waals surface area contributed by atoms with Crippen molar-refractivity contribution in [2.24, 2.45) is 0 Å². The molecule has 0 aliphatic rings. The van der Waals surface area contributed by atoms with Gasteiger partial charge >= 0.3 is 0 Å². The maximum Gasteiger partial charge on any atom is 0.225 e. The zero-order valence-corrected chi connectivity index (χ0v) is 20.9. The second-order valence-electron chi connectivity index (χ2n) is 7.73. The van der Waals surface area contributed by atoms with Gasteiger partial charge in [-0.1, -0.05) is 18.6 Å². The number of nitrogens with zero attached hydrogens (tertiary/aromatic N) is 3. The summed E-state index contributed by atoms with van der Waals surface area (Å²) in [6.07, 6.45) is 4.21. The molecule has 0 bridgehead atoms. The molecule has 1 heterocycles. The molecule has 0 aliphatic heterocycles. The quantitative estimate of drug-likeness (QED) is 0.355. The van der Waals surface area contributed by atoms with Gasteiger partial charge in [0.25, 0.3) is 0 Å². The van der Waals surface area contributed by atoms with Crippen LogP contribution < -0.4 is 29.6 Å². The van der Waals surface area contributed by atoms with E-state index >= 15 is 0 Å². The van der Waals surface area contributed by atoms with Gasteiger partial charge in [-0.25, -0.2) is 4.68 Å². The number of hydrogen-bond acceptors (Lipinski definition) is 8. The van der Waals surface area contributed by atoms with E-state index in [9.17, 15) is 4.79 Å². The van der Waals surface area contributed by atoms with Gasteiger partial charge in [-0.05, 0) is 31.2 Å². The fourth-order valence-corrected chi connectivity index (χ4v) is 3.62. The first-order valence-corrected chi connectivity index (χ1v) is 11.5. The molecule has 2 aromatic carbocycles. The molecule has 0 saturated heterocycles. The number of unbranched alkanes of at least 4 members (excludes halogenated alkanes) is 1. The number of benzene rings is 2. The molecule has 10 heteroatoms. The molecule has 0 atom stereocenters. The lowest BCUT2D eigenvalue weighted by Crippen LogP contribution is -2.22. The lowest BCUT2D eigenvalue weighted by atomic mass is 10.1. The molecule has 0 saturated carbocycles. The Bertz CT molecular complexity index is 1110. The smallest absolute Gasteiger partial charge is 0.225 e. The van der Waals surface area contributed by atoms with Crippen LogP contribution in [-0.4, -0.2) is 62.4 Å². The third-order valence-corrected chi connectivity index (χ3v) is 5.45. The van der Waals surface area contributed by atoms with E-state index in [1.54, 1.807) is 57.5 Å². The third kappa shape index (κ3) is 6.21. The number of carbonyl (C=O) groups excluding carboxylic acids is 1. The number of hydrogen-bond donors (Lipinski definition) is 2. The normalized spacial score (nSPS) is 10.7. The van der Waals surface area contributed by atoms with E-state index in [2.05, 4.69) is 27.9 Å². The molecule has 1 aromatic heterocycles. The van der Waals surface area contributed by atoms with E-state index in [1.165, 1.54) is 0 Å². The molecule has 0 aliphatic carbocycles. The Kier molecular flexibility index (Phi) is 9.31. The maximum atomic E-state index is 12.5. The van der Waals surface area contributed by atoms with Crippen LogP contribution in [0.25, 0.3) is 16.9 Å². The molecule has 35 heavy (non-hydrogen) atoms. The summed E-state index contributed by atoms with van der Waals surface area (Å²) in [6, 6.07) is 9.11. The summed E-state index contributed by atoms with van der Waals surface area (Å²) in [5, 5.41) is 14.6. The molecular weight excluding hydrogens is 450 g/mol. The van der Waals surface area contributed by atoms with Crippen molar-refractivity contribution in [3.8, 4) is 39.9 Å². The Hall–Kier alpha value is -3.79. The molecule has 0 fully saturated rings. The third-order valence-electron chi connectivity index (χ3n) is 5.45. The Morgan fingerprint density at radius 1 is 0.943 bits per heavy atom. The van der Waals surface area contributed by atoms with Gasteiger partial charge in [-0.2, -0.15) is 0 Å². The van der Waals surface area contributed by atoms with Crippen LogP contribution in [0.5, 0.6) is 23.0 Å². The van der Waals surface area contributed by atoms with Crippen LogP contribution in [0.15, 0.2) is 36.5 Å². The summed E-state index contributed by atoms with van der Waals surface area (Å²) in [7, 11) is 6.23. The lowest BCUT2D eigenvalue weighted by Gasteiger charge is -2.16. The van der Waals surface area contributed by atoms with Crippen LogP contribution in [-0.2, 0) is 4.79 Å². The number of ether oxygens (including phenoxy) is 4. The Labute approximate surface area is 205 Å². The molecule has 0 spiro atoms. The average Bonchev–Trinajstić information content (AvgIpc) is 3.37. The van der Waals surface area contributed by atoms with Crippen LogP contribution in [0.4, 0.5) is 5.69 Å². The molecule has 0 unspecified atom stereocenters. The molecule has 1 amide bonds. The van der Waals surface area contributed by atoms with Gasteiger partial charge in [-0.15, -0.1) is 5.10 Å². The van der Waals surface area contributed by atoms with Gasteiger partial charge in [0, 0.05) is 30.7 Å².